The molecule has 1 aliphatic heterocycles. The minimum atomic E-state index is -0.918. The van der Waals surface area contributed by atoms with Gasteiger partial charge in [-0.15, -0.1) is 0 Å². The van der Waals surface area contributed by atoms with Crippen LogP contribution in [-0.4, -0.2) is 48.4 Å². The number of amides is 2. The lowest BCUT2D eigenvalue weighted by molar-refractivity contribution is -0.139. The van der Waals surface area contributed by atoms with Crippen molar-refractivity contribution in [3.8, 4) is 0 Å². The maximum Gasteiger partial charge on any atom is 0.289 e. The van der Waals surface area contributed by atoms with Crippen LogP contribution in [0, 0.1) is 0 Å². The van der Waals surface area contributed by atoms with Crippen molar-refractivity contribution in [3.05, 3.63) is 65.5 Å². The molecule has 2 heterocycles. The van der Waals surface area contributed by atoms with Crippen molar-refractivity contribution in [2.45, 2.75) is 38.5 Å². The largest absolute Gasteiger partial charge is 0.379 e. The molecule has 0 bridgehead atoms. The van der Waals surface area contributed by atoms with E-state index in [1.54, 1.807) is 42.7 Å². The van der Waals surface area contributed by atoms with E-state index < -0.39 is 23.6 Å². The number of ketones is 1. The van der Waals surface area contributed by atoms with Crippen LogP contribution < -0.4 is 10.6 Å². The maximum atomic E-state index is 12.9. The SMILES string of the molecule is O=C(NCc1cccnc1)C(=O)C1CCCCOCCOCc2ccccc2C(=O)N1. The Hall–Kier alpha value is -3.10. The summed E-state index contributed by atoms with van der Waals surface area (Å²) in [7, 11) is 0. The van der Waals surface area contributed by atoms with Gasteiger partial charge in [0, 0.05) is 31.1 Å². The number of pyridine rings is 1. The number of nitrogens with one attached hydrogen (secondary N) is 2. The smallest absolute Gasteiger partial charge is 0.289 e. The Kier molecular flexibility index (Phi) is 8.69. The van der Waals surface area contributed by atoms with Gasteiger partial charge in [-0.25, -0.2) is 0 Å². The molecule has 0 fully saturated rings. The molecular weight excluding hydrogens is 398 g/mol. The fraction of sp³-hybridized carbons (Fsp3) is 0.391. The van der Waals surface area contributed by atoms with Gasteiger partial charge < -0.3 is 20.1 Å². The van der Waals surface area contributed by atoms with Gasteiger partial charge in [-0.3, -0.25) is 19.4 Å². The number of aromatic nitrogens is 1. The average Bonchev–Trinajstić information content (AvgIpc) is 2.80. The molecular formula is C23H27N3O5. The van der Waals surface area contributed by atoms with E-state index in [4.69, 9.17) is 9.47 Å². The molecule has 31 heavy (non-hydrogen) atoms. The zero-order valence-corrected chi connectivity index (χ0v) is 17.3. The van der Waals surface area contributed by atoms with Crippen LogP contribution >= 0.6 is 0 Å². The van der Waals surface area contributed by atoms with Gasteiger partial charge in [-0.1, -0.05) is 24.3 Å². The first-order chi connectivity index (χ1) is 15.1. The van der Waals surface area contributed by atoms with E-state index in [1.807, 2.05) is 6.07 Å². The van der Waals surface area contributed by atoms with E-state index >= 15 is 0 Å². The van der Waals surface area contributed by atoms with E-state index in [-0.39, 0.29) is 13.2 Å². The molecule has 0 saturated carbocycles. The van der Waals surface area contributed by atoms with Crippen molar-refractivity contribution in [2.75, 3.05) is 19.8 Å². The van der Waals surface area contributed by atoms with E-state index in [9.17, 15) is 14.4 Å². The maximum absolute atomic E-state index is 12.9. The molecule has 0 radical (unpaired) electrons. The van der Waals surface area contributed by atoms with Crippen LogP contribution in [0.15, 0.2) is 48.8 Å². The first kappa shape index (κ1) is 22.6. The number of hydrogen-bond donors (Lipinski definition) is 2. The Morgan fingerprint density at radius 3 is 2.74 bits per heavy atom. The van der Waals surface area contributed by atoms with E-state index in [2.05, 4.69) is 15.6 Å². The van der Waals surface area contributed by atoms with Gasteiger partial charge in [0.05, 0.1) is 25.9 Å². The van der Waals surface area contributed by atoms with Crippen LogP contribution in [0.4, 0.5) is 0 Å². The Morgan fingerprint density at radius 2 is 1.90 bits per heavy atom. The zero-order chi connectivity index (χ0) is 21.9. The van der Waals surface area contributed by atoms with Crippen LogP contribution in [0.2, 0.25) is 0 Å². The summed E-state index contributed by atoms with van der Waals surface area (Å²) in [5, 5.41) is 5.36. The van der Waals surface area contributed by atoms with Crippen molar-refractivity contribution in [3.63, 3.8) is 0 Å². The lowest BCUT2D eigenvalue weighted by atomic mass is 10.0. The number of carbonyl (C=O) groups is 3. The molecule has 1 aromatic heterocycles. The van der Waals surface area contributed by atoms with Crippen LogP contribution in [0.25, 0.3) is 0 Å². The van der Waals surface area contributed by atoms with Gasteiger partial charge in [0.2, 0.25) is 5.78 Å². The highest BCUT2D eigenvalue weighted by Crippen LogP contribution is 2.13. The van der Waals surface area contributed by atoms with Gasteiger partial charge in [0.25, 0.3) is 11.8 Å². The Morgan fingerprint density at radius 1 is 1.06 bits per heavy atom. The van der Waals surface area contributed by atoms with Crippen LogP contribution in [0.3, 0.4) is 0 Å². The monoisotopic (exact) mass is 425 g/mol. The number of rotatable bonds is 4. The molecule has 8 heteroatoms. The molecule has 2 aromatic rings. The summed E-state index contributed by atoms with van der Waals surface area (Å²) in [5.41, 5.74) is 1.92. The summed E-state index contributed by atoms with van der Waals surface area (Å²) < 4.78 is 11.1. The highest BCUT2D eigenvalue weighted by Gasteiger charge is 2.27. The third-order valence-electron chi connectivity index (χ3n) is 4.94. The topological polar surface area (TPSA) is 107 Å². The summed E-state index contributed by atoms with van der Waals surface area (Å²) in [6, 6.07) is 9.70. The molecule has 3 rings (SSSR count). The van der Waals surface area contributed by atoms with Gasteiger partial charge >= 0.3 is 0 Å². The van der Waals surface area contributed by atoms with E-state index in [0.717, 1.165) is 5.56 Å². The molecule has 0 aliphatic carbocycles. The second kappa shape index (κ2) is 11.9. The van der Waals surface area contributed by atoms with E-state index in [1.165, 1.54) is 0 Å². The van der Waals surface area contributed by atoms with Crippen LogP contribution in [0.5, 0.6) is 0 Å². The molecule has 1 atom stereocenters. The summed E-state index contributed by atoms with van der Waals surface area (Å²) in [6.07, 6.45) is 4.95. The predicted octanol–water partition coefficient (Wildman–Crippen LogP) is 1.78. The number of benzene rings is 1. The summed E-state index contributed by atoms with van der Waals surface area (Å²) in [4.78, 5) is 42.2. The second-order valence-electron chi connectivity index (χ2n) is 7.25. The zero-order valence-electron chi connectivity index (χ0n) is 17.3. The highest BCUT2D eigenvalue weighted by atomic mass is 16.5. The van der Waals surface area contributed by atoms with Crippen molar-refractivity contribution in [2.24, 2.45) is 0 Å². The summed E-state index contributed by atoms with van der Waals surface area (Å²) in [5.74, 6) is -1.80. The lowest BCUT2D eigenvalue weighted by Gasteiger charge is -2.19. The number of nitrogens with zero attached hydrogens (tertiary/aromatic N) is 1. The van der Waals surface area contributed by atoms with Gasteiger partial charge in [-0.05, 0) is 42.5 Å². The molecule has 1 unspecified atom stereocenters. The van der Waals surface area contributed by atoms with Crippen molar-refractivity contribution in [1.82, 2.24) is 15.6 Å². The highest BCUT2D eigenvalue weighted by molar-refractivity contribution is 6.38. The minimum Gasteiger partial charge on any atom is -0.379 e. The molecule has 2 amide bonds. The number of carbonyl (C=O) groups excluding carboxylic acids is 3. The van der Waals surface area contributed by atoms with Crippen molar-refractivity contribution < 1.29 is 23.9 Å². The normalized spacial score (nSPS) is 18.2. The summed E-state index contributed by atoms with van der Waals surface area (Å²) in [6.45, 7) is 1.88. The van der Waals surface area contributed by atoms with E-state index in [0.29, 0.717) is 50.2 Å². The molecule has 0 saturated heterocycles. The molecule has 1 aliphatic rings. The number of ether oxygens (including phenoxy) is 2. The van der Waals surface area contributed by atoms with Crippen LogP contribution in [-0.2, 0) is 32.2 Å². The molecule has 164 valence electrons. The Labute approximate surface area is 181 Å². The molecule has 2 N–H and O–H groups in total. The number of fused-ring (bicyclic) bond motifs is 1. The van der Waals surface area contributed by atoms with Crippen molar-refractivity contribution >= 4 is 17.6 Å². The fourth-order valence-corrected chi connectivity index (χ4v) is 3.26. The first-order valence-electron chi connectivity index (χ1n) is 10.4. The Balaban J connectivity index is 1.70. The second-order valence-corrected chi connectivity index (χ2v) is 7.25. The third-order valence-corrected chi connectivity index (χ3v) is 4.94. The fourth-order valence-electron chi connectivity index (χ4n) is 3.26. The molecule has 8 nitrogen and oxygen atoms in total. The predicted molar refractivity (Wildman–Crippen MR) is 113 cm³/mol. The summed E-state index contributed by atoms with van der Waals surface area (Å²) >= 11 is 0. The Bertz CT molecular complexity index is 888. The minimum absolute atomic E-state index is 0.188. The standard InChI is InChI=1S/C23H27N3O5/c27-21(23(29)25-15-17-6-5-10-24-14-17)20-9-3-4-11-30-12-13-31-16-18-7-1-2-8-19(18)22(28)26-20/h1-2,5-8,10,14,20H,3-4,9,11-13,15-16H2,(H,25,29)(H,26,28). The molecule has 1 aromatic carbocycles. The van der Waals surface area contributed by atoms with Crippen molar-refractivity contribution in [1.29, 1.82) is 0 Å². The third kappa shape index (κ3) is 6.97. The van der Waals surface area contributed by atoms with Gasteiger partial charge in [0.15, 0.2) is 0 Å². The first-order valence-corrected chi connectivity index (χ1v) is 10.4. The number of Topliss-reactive ketones (excluding diaryl/α,β-unsaturated/α-hetero) is 1. The quantitative estimate of drug-likeness (QED) is 0.724. The van der Waals surface area contributed by atoms with Crippen LogP contribution in [0.1, 0.15) is 40.7 Å². The average molecular weight is 425 g/mol. The molecule has 0 spiro atoms. The van der Waals surface area contributed by atoms with Gasteiger partial charge in [-0.2, -0.15) is 0 Å². The van der Waals surface area contributed by atoms with Gasteiger partial charge in [0.1, 0.15) is 0 Å². The number of hydrogen-bond acceptors (Lipinski definition) is 6. The lowest BCUT2D eigenvalue weighted by Crippen LogP contribution is -2.47.